The predicted octanol–water partition coefficient (Wildman–Crippen LogP) is 4.09. The maximum absolute atomic E-state index is 12.4. The Bertz CT molecular complexity index is 918. The van der Waals surface area contributed by atoms with Gasteiger partial charge in [0.25, 0.3) is 5.91 Å². The van der Waals surface area contributed by atoms with E-state index >= 15 is 0 Å². The zero-order valence-corrected chi connectivity index (χ0v) is 15.3. The minimum absolute atomic E-state index is 0.110. The molecule has 0 spiro atoms. The molecule has 3 rings (SSSR count). The molecule has 0 radical (unpaired) electrons. The number of methoxy groups -OCH3 is 1. The monoisotopic (exact) mass is 366 g/mol. The van der Waals surface area contributed by atoms with E-state index in [0.717, 1.165) is 16.0 Å². The zero-order valence-electron chi connectivity index (χ0n) is 14.5. The van der Waals surface area contributed by atoms with Crippen molar-refractivity contribution in [2.75, 3.05) is 12.4 Å². The summed E-state index contributed by atoms with van der Waals surface area (Å²) in [5.41, 5.74) is 3.21. The standard InChI is InChI=1S/C20H18N2O3S/c1-13-8-10-15(11-9-13)19(24)22-20-21-18(14-6-4-3-5-7-14)16(26-20)12-17(23)25-2/h3-11H,12H2,1-2H3,(H,21,22,24). The predicted molar refractivity (Wildman–Crippen MR) is 102 cm³/mol. The third-order valence-electron chi connectivity index (χ3n) is 3.81. The van der Waals surface area contributed by atoms with Gasteiger partial charge in [-0.05, 0) is 19.1 Å². The largest absolute Gasteiger partial charge is 0.469 e. The quantitative estimate of drug-likeness (QED) is 0.691. The van der Waals surface area contributed by atoms with Crippen LogP contribution in [0.4, 0.5) is 5.13 Å². The van der Waals surface area contributed by atoms with E-state index in [-0.39, 0.29) is 18.3 Å². The molecule has 3 aromatic rings. The van der Waals surface area contributed by atoms with Crippen molar-refractivity contribution >= 4 is 28.3 Å². The van der Waals surface area contributed by atoms with Crippen LogP contribution in [0.25, 0.3) is 11.3 Å². The molecule has 0 saturated heterocycles. The van der Waals surface area contributed by atoms with Crippen LogP contribution < -0.4 is 5.32 Å². The normalized spacial score (nSPS) is 10.4. The van der Waals surface area contributed by atoms with Gasteiger partial charge in [-0.1, -0.05) is 48.0 Å². The molecule has 132 valence electrons. The van der Waals surface area contributed by atoms with Crippen LogP contribution >= 0.6 is 11.3 Å². The second kappa shape index (κ2) is 7.93. The number of nitrogens with zero attached hydrogens (tertiary/aromatic N) is 1. The fourth-order valence-electron chi connectivity index (χ4n) is 2.42. The van der Waals surface area contributed by atoms with E-state index in [2.05, 4.69) is 10.3 Å². The lowest BCUT2D eigenvalue weighted by Crippen LogP contribution is -2.11. The number of nitrogens with one attached hydrogen (secondary N) is 1. The van der Waals surface area contributed by atoms with Gasteiger partial charge in [0.1, 0.15) is 0 Å². The molecule has 2 aromatic carbocycles. The number of amides is 1. The van der Waals surface area contributed by atoms with Crippen LogP contribution in [-0.4, -0.2) is 24.0 Å². The summed E-state index contributed by atoms with van der Waals surface area (Å²) in [5.74, 6) is -0.578. The Kier molecular flexibility index (Phi) is 5.43. The number of hydrogen-bond acceptors (Lipinski definition) is 5. The fourth-order valence-corrected chi connectivity index (χ4v) is 3.39. The van der Waals surface area contributed by atoms with Gasteiger partial charge < -0.3 is 4.74 Å². The first-order valence-corrected chi connectivity index (χ1v) is 8.88. The molecule has 0 saturated carbocycles. The first-order chi connectivity index (χ1) is 12.6. The van der Waals surface area contributed by atoms with Gasteiger partial charge in [-0.15, -0.1) is 11.3 Å². The number of anilines is 1. The highest BCUT2D eigenvalue weighted by atomic mass is 32.1. The van der Waals surface area contributed by atoms with Gasteiger partial charge in [0.05, 0.1) is 19.2 Å². The Morgan fingerprint density at radius 2 is 1.77 bits per heavy atom. The molecular formula is C20H18N2O3S. The number of rotatable bonds is 5. The number of carbonyl (C=O) groups is 2. The van der Waals surface area contributed by atoms with Gasteiger partial charge in [-0.2, -0.15) is 0 Å². The number of thiazole rings is 1. The molecule has 1 heterocycles. The maximum atomic E-state index is 12.4. The fraction of sp³-hybridized carbons (Fsp3) is 0.150. The minimum atomic E-state index is -0.345. The summed E-state index contributed by atoms with van der Waals surface area (Å²) in [5, 5.41) is 3.27. The van der Waals surface area contributed by atoms with Crippen LogP contribution in [-0.2, 0) is 16.0 Å². The van der Waals surface area contributed by atoms with Gasteiger partial charge in [0.15, 0.2) is 5.13 Å². The molecule has 0 aliphatic rings. The molecule has 5 nitrogen and oxygen atoms in total. The first-order valence-electron chi connectivity index (χ1n) is 8.07. The third kappa shape index (κ3) is 4.15. The molecule has 6 heteroatoms. The van der Waals surface area contributed by atoms with Crippen molar-refractivity contribution in [1.82, 2.24) is 4.98 Å². The second-order valence-corrected chi connectivity index (χ2v) is 6.81. The van der Waals surface area contributed by atoms with E-state index < -0.39 is 0 Å². The summed E-state index contributed by atoms with van der Waals surface area (Å²) < 4.78 is 4.77. The Balaban J connectivity index is 1.89. The number of esters is 1. The van der Waals surface area contributed by atoms with Crippen molar-refractivity contribution in [2.24, 2.45) is 0 Å². The Labute approximate surface area is 155 Å². The molecule has 0 fully saturated rings. The lowest BCUT2D eigenvalue weighted by molar-refractivity contribution is -0.139. The van der Waals surface area contributed by atoms with E-state index in [1.54, 1.807) is 12.1 Å². The highest BCUT2D eigenvalue weighted by Crippen LogP contribution is 2.32. The average molecular weight is 366 g/mol. The van der Waals surface area contributed by atoms with Gasteiger partial charge in [-0.3, -0.25) is 14.9 Å². The van der Waals surface area contributed by atoms with Crippen molar-refractivity contribution in [1.29, 1.82) is 0 Å². The highest BCUT2D eigenvalue weighted by molar-refractivity contribution is 7.16. The summed E-state index contributed by atoms with van der Waals surface area (Å²) in [4.78, 5) is 29.4. The minimum Gasteiger partial charge on any atom is -0.469 e. The van der Waals surface area contributed by atoms with Crippen LogP contribution in [0.2, 0.25) is 0 Å². The van der Waals surface area contributed by atoms with Gasteiger partial charge in [0.2, 0.25) is 0 Å². The second-order valence-electron chi connectivity index (χ2n) is 5.73. The zero-order chi connectivity index (χ0) is 18.5. The van der Waals surface area contributed by atoms with Crippen LogP contribution in [0.1, 0.15) is 20.8 Å². The SMILES string of the molecule is COC(=O)Cc1sc(NC(=O)c2ccc(C)cc2)nc1-c1ccccc1. The van der Waals surface area contributed by atoms with Crippen molar-refractivity contribution in [3.63, 3.8) is 0 Å². The number of aromatic nitrogens is 1. The summed E-state index contributed by atoms with van der Waals surface area (Å²) in [6.07, 6.45) is 0.110. The van der Waals surface area contributed by atoms with Crippen LogP contribution in [0.5, 0.6) is 0 Å². The molecular weight excluding hydrogens is 348 g/mol. The molecule has 0 aliphatic carbocycles. The van der Waals surface area contributed by atoms with Crippen molar-refractivity contribution in [3.05, 3.63) is 70.6 Å². The molecule has 1 N–H and O–H groups in total. The lowest BCUT2D eigenvalue weighted by Gasteiger charge is -2.02. The molecule has 0 bridgehead atoms. The summed E-state index contributed by atoms with van der Waals surface area (Å²) >= 11 is 1.28. The molecule has 0 aliphatic heterocycles. The number of benzene rings is 2. The number of aryl methyl sites for hydroxylation is 1. The van der Waals surface area contributed by atoms with Crippen molar-refractivity contribution in [2.45, 2.75) is 13.3 Å². The van der Waals surface area contributed by atoms with Crippen molar-refractivity contribution in [3.8, 4) is 11.3 Å². The van der Waals surface area contributed by atoms with Gasteiger partial charge >= 0.3 is 5.97 Å². The van der Waals surface area contributed by atoms with E-state index in [1.165, 1.54) is 18.4 Å². The van der Waals surface area contributed by atoms with E-state index in [9.17, 15) is 9.59 Å². The number of hydrogen-bond donors (Lipinski definition) is 1. The Morgan fingerprint density at radius 1 is 1.08 bits per heavy atom. The van der Waals surface area contributed by atoms with Crippen LogP contribution in [0.3, 0.4) is 0 Å². The molecule has 1 aromatic heterocycles. The lowest BCUT2D eigenvalue weighted by atomic mass is 10.1. The Hall–Kier alpha value is -2.99. The van der Waals surface area contributed by atoms with E-state index in [0.29, 0.717) is 16.4 Å². The van der Waals surface area contributed by atoms with Crippen LogP contribution in [0, 0.1) is 6.92 Å². The molecule has 26 heavy (non-hydrogen) atoms. The van der Waals surface area contributed by atoms with Gasteiger partial charge in [-0.25, -0.2) is 4.98 Å². The van der Waals surface area contributed by atoms with Gasteiger partial charge in [0, 0.05) is 16.0 Å². The van der Waals surface area contributed by atoms with E-state index in [4.69, 9.17) is 4.74 Å². The smallest absolute Gasteiger partial charge is 0.310 e. The third-order valence-corrected chi connectivity index (χ3v) is 4.78. The summed E-state index contributed by atoms with van der Waals surface area (Å²) in [6.45, 7) is 1.97. The average Bonchev–Trinajstić information content (AvgIpc) is 3.05. The highest BCUT2D eigenvalue weighted by Gasteiger charge is 2.18. The molecule has 0 unspecified atom stereocenters. The Morgan fingerprint density at radius 3 is 2.42 bits per heavy atom. The van der Waals surface area contributed by atoms with E-state index in [1.807, 2.05) is 49.4 Å². The summed E-state index contributed by atoms with van der Waals surface area (Å²) in [7, 11) is 1.35. The molecule has 1 amide bonds. The maximum Gasteiger partial charge on any atom is 0.310 e. The van der Waals surface area contributed by atoms with Crippen molar-refractivity contribution < 1.29 is 14.3 Å². The van der Waals surface area contributed by atoms with Crippen LogP contribution in [0.15, 0.2) is 54.6 Å². The molecule has 0 atom stereocenters. The summed E-state index contributed by atoms with van der Waals surface area (Å²) in [6, 6.07) is 16.9. The topological polar surface area (TPSA) is 68.3 Å². The number of ether oxygens (including phenoxy) is 1. The first kappa shape index (κ1) is 17.8. The number of carbonyl (C=O) groups excluding carboxylic acids is 2.